The molecule has 33 heavy (non-hydrogen) atoms. The van der Waals surface area contributed by atoms with Crippen molar-refractivity contribution >= 4 is 46.8 Å². The van der Waals surface area contributed by atoms with Gasteiger partial charge in [0.1, 0.15) is 6.04 Å². The van der Waals surface area contributed by atoms with Gasteiger partial charge in [0, 0.05) is 41.1 Å². The van der Waals surface area contributed by atoms with Gasteiger partial charge in [-0.3, -0.25) is 25.0 Å². The molecule has 1 aromatic heterocycles. The predicted molar refractivity (Wildman–Crippen MR) is 124 cm³/mol. The topological polar surface area (TPSA) is 162 Å². The molecule has 0 unspecified atom stereocenters. The summed E-state index contributed by atoms with van der Waals surface area (Å²) in [5, 5.41) is 21.3. The monoisotopic (exact) mass is 494 g/mol. The second-order valence-corrected chi connectivity index (χ2v) is 7.93. The molecule has 0 radical (unpaired) electrons. The molecule has 2 rings (SSSR count). The summed E-state index contributed by atoms with van der Waals surface area (Å²) in [5.74, 6) is -2.71. The fourth-order valence-electron chi connectivity index (χ4n) is 3.00. The van der Waals surface area contributed by atoms with E-state index in [4.69, 9.17) is 34.3 Å². The van der Waals surface area contributed by atoms with Crippen LogP contribution in [0.3, 0.4) is 0 Å². The molecule has 0 saturated carbocycles. The molecular weight excluding hydrogens is 471 g/mol. The number of hydrogen-bond acceptors (Lipinski definition) is 6. The number of hydrogen-bond donors (Lipinski definition) is 5. The van der Waals surface area contributed by atoms with Crippen molar-refractivity contribution in [1.82, 2.24) is 20.7 Å². The summed E-state index contributed by atoms with van der Waals surface area (Å²) in [4.78, 5) is 41.4. The molecule has 0 aliphatic rings. The molecule has 0 saturated heterocycles. The Bertz CT molecular complexity index is 985. The Labute approximate surface area is 200 Å². The number of carboxylic acids is 1. The van der Waals surface area contributed by atoms with Gasteiger partial charge in [0.25, 0.3) is 0 Å². The molecule has 1 aromatic carbocycles. The Hall–Kier alpha value is -3.21. The molecule has 1 heterocycles. The molecule has 1 atom stereocenters. The lowest BCUT2D eigenvalue weighted by Crippen LogP contribution is -2.53. The van der Waals surface area contributed by atoms with Gasteiger partial charge in [-0.15, -0.1) is 0 Å². The van der Waals surface area contributed by atoms with Crippen LogP contribution >= 0.6 is 23.2 Å². The van der Waals surface area contributed by atoms with Crippen LogP contribution in [0.5, 0.6) is 0 Å². The molecule has 12 heteroatoms. The van der Waals surface area contributed by atoms with E-state index in [9.17, 15) is 19.5 Å². The van der Waals surface area contributed by atoms with Crippen LogP contribution in [-0.2, 0) is 16.1 Å². The summed E-state index contributed by atoms with van der Waals surface area (Å²) in [5.41, 5.74) is 8.90. The zero-order chi connectivity index (χ0) is 24.4. The van der Waals surface area contributed by atoms with Crippen LogP contribution in [0.1, 0.15) is 35.2 Å². The summed E-state index contributed by atoms with van der Waals surface area (Å²) >= 11 is 12.0. The molecule has 2 aromatic rings. The maximum atomic E-state index is 13.0. The Morgan fingerprint density at radius 1 is 1.21 bits per heavy atom. The Morgan fingerprint density at radius 2 is 1.91 bits per heavy atom. The zero-order valence-electron chi connectivity index (χ0n) is 17.6. The van der Waals surface area contributed by atoms with Crippen molar-refractivity contribution in [2.45, 2.75) is 31.8 Å². The Kier molecular flexibility index (Phi) is 10.0. The summed E-state index contributed by atoms with van der Waals surface area (Å²) < 4.78 is 0. The second kappa shape index (κ2) is 12.7. The first-order valence-electron chi connectivity index (χ1n) is 9.92. The van der Waals surface area contributed by atoms with Gasteiger partial charge >= 0.3 is 5.97 Å². The molecule has 1 amide bonds. The van der Waals surface area contributed by atoms with Crippen LogP contribution in [0, 0.1) is 5.41 Å². The number of aromatic nitrogens is 1. The number of rotatable bonds is 12. The Morgan fingerprint density at radius 3 is 2.48 bits per heavy atom. The molecule has 0 fully saturated rings. The molecular formula is C21H24Cl2N6O4. The molecule has 0 aliphatic heterocycles. The van der Waals surface area contributed by atoms with E-state index in [0.29, 0.717) is 22.0 Å². The fraction of sp³-hybridized carbons (Fsp3) is 0.286. The number of carboxylic acid groups (broad SMARTS) is 1. The number of benzene rings is 1. The summed E-state index contributed by atoms with van der Waals surface area (Å²) in [7, 11) is 0. The van der Waals surface area contributed by atoms with Crippen molar-refractivity contribution in [3.8, 4) is 0 Å². The van der Waals surface area contributed by atoms with Crippen molar-refractivity contribution in [2.24, 2.45) is 5.73 Å². The maximum Gasteiger partial charge on any atom is 0.328 e. The van der Waals surface area contributed by atoms with E-state index in [2.05, 4.69) is 15.7 Å². The van der Waals surface area contributed by atoms with Gasteiger partial charge in [0.05, 0.1) is 6.42 Å². The Balaban J connectivity index is 2.20. The van der Waals surface area contributed by atoms with E-state index in [1.54, 1.807) is 24.3 Å². The van der Waals surface area contributed by atoms with E-state index < -0.39 is 30.1 Å². The number of guanidine groups is 1. The zero-order valence-corrected chi connectivity index (χ0v) is 19.1. The quantitative estimate of drug-likeness (QED) is 0.0748. The van der Waals surface area contributed by atoms with Gasteiger partial charge in [0.2, 0.25) is 5.91 Å². The lowest BCUT2D eigenvalue weighted by atomic mass is 10.1. The number of carbonyl (C=O) groups excluding carboxylic acids is 2. The number of nitrogens with zero attached hydrogens (tertiary/aromatic N) is 2. The molecule has 6 N–H and O–H groups in total. The number of nitrogens with one attached hydrogen (secondary N) is 3. The van der Waals surface area contributed by atoms with Crippen molar-refractivity contribution in [2.75, 3.05) is 6.54 Å². The van der Waals surface area contributed by atoms with Crippen molar-refractivity contribution in [3.05, 3.63) is 63.9 Å². The number of hydrazine groups is 1. The number of pyridine rings is 1. The molecule has 176 valence electrons. The third-order valence-corrected chi connectivity index (χ3v) is 4.94. The second-order valence-electron chi connectivity index (χ2n) is 7.05. The number of ketones is 1. The fourth-order valence-corrected chi connectivity index (χ4v) is 3.57. The van der Waals surface area contributed by atoms with Gasteiger partial charge in [-0.25, -0.2) is 10.2 Å². The molecule has 0 bridgehead atoms. The number of halogens is 2. The predicted octanol–water partition coefficient (Wildman–Crippen LogP) is 2.21. The highest BCUT2D eigenvalue weighted by Gasteiger charge is 2.30. The first-order valence-corrected chi connectivity index (χ1v) is 10.7. The number of Topliss-reactive ketones (excluding diaryl/α,β-unsaturated/α-hetero) is 1. The number of carbonyl (C=O) groups is 3. The van der Waals surface area contributed by atoms with E-state index in [1.165, 1.54) is 18.5 Å². The van der Waals surface area contributed by atoms with E-state index >= 15 is 0 Å². The minimum Gasteiger partial charge on any atom is -0.480 e. The molecule has 0 aliphatic carbocycles. The number of aliphatic carboxylic acids is 1. The van der Waals surface area contributed by atoms with Crippen LogP contribution < -0.4 is 16.5 Å². The van der Waals surface area contributed by atoms with E-state index in [-0.39, 0.29) is 31.0 Å². The van der Waals surface area contributed by atoms with Gasteiger partial charge in [-0.1, -0.05) is 23.2 Å². The number of amides is 1. The molecule has 0 spiro atoms. The summed E-state index contributed by atoms with van der Waals surface area (Å²) in [6, 6.07) is 6.61. The molecule has 10 nitrogen and oxygen atoms in total. The van der Waals surface area contributed by atoms with Gasteiger partial charge in [0.15, 0.2) is 11.7 Å². The minimum atomic E-state index is -1.28. The SMILES string of the molecule is N=C(N)NCCC[C@@H](C(=O)O)N(NCc1cc(Cl)cc(Cl)c1)C(=O)CC(=O)c1cccnc1. The third-order valence-electron chi connectivity index (χ3n) is 4.51. The normalized spacial score (nSPS) is 11.5. The minimum absolute atomic E-state index is 0.0442. The van der Waals surface area contributed by atoms with Crippen molar-refractivity contribution in [3.63, 3.8) is 0 Å². The van der Waals surface area contributed by atoms with E-state index in [1.807, 2.05) is 0 Å². The number of nitrogens with two attached hydrogens (primary N) is 1. The smallest absolute Gasteiger partial charge is 0.328 e. The van der Waals surface area contributed by atoms with Crippen LogP contribution in [0.4, 0.5) is 0 Å². The lowest BCUT2D eigenvalue weighted by Gasteiger charge is -2.29. The van der Waals surface area contributed by atoms with Crippen LogP contribution in [0.25, 0.3) is 0 Å². The van der Waals surface area contributed by atoms with Crippen LogP contribution in [-0.4, -0.2) is 51.3 Å². The highest BCUT2D eigenvalue weighted by atomic mass is 35.5. The highest BCUT2D eigenvalue weighted by molar-refractivity contribution is 6.34. The van der Waals surface area contributed by atoms with Crippen LogP contribution in [0.15, 0.2) is 42.7 Å². The lowest BCUT2D eigenvalue weighted by molar-refractivity contribution is -0.153. The van der Waals surface area contributed by atoms with Gasteiger partial charge < -0.3 is 16.2 Å². The van der Waals surface area contributed by atoms with Gasteiger partial charge in [-0.05, 0) is 48.7 Å². The highest BCUT2D eigenvalue weighted by Crippen LogP contribution is 2.19. The summed E-state index contributed by atoms with van der Waals surface area (Å²) in [6.45, 7) is 0.294. The standard InChI is InChI=1S/C21H24Cl2N6O4/c22-15-7-13(8-16(23)9-15)11-28-29(17(20(32)33)4-2-6-27-21(24)25)19(31)10-18(30)14-3-1-5-26-12-14/h1,3,5,7-9,12,17,28H,2,4,6,10-11H2,(H,32,33)(H4,24,25,27)/t17-/m0/s1. The van der Waals surface area contributed by atoms with Crippen molar-refractivity contribution < 1.29 is 19.5 Å². The average molecular weight is 495 g/mol. The van der Waals surface area contributed by atoms with E-state index in [0.717, 1.165) is 5.01 Å². The first-order chi connectivity index (χ1) is 15.7. The summed E-state index contributed by atoms with van der Waals surface area (Å²) in [6.07, 6.45) is 2.64. The third kappa shape index (κ3) is 8.68. The van der Waals surface area contributed by atoms with Crippen molar-refractivity contribution in [1.29, 1.82) is 5.41 Å². The first kappa shape index (κ1) is 26.0. The average Bonchev–Trinajstić information content (AvgIpc) is 2.74. The van der Waals surface area contributed by atoms with Gasteiger partial charge in [-0.2, -0.15) is 0 Å². The van der Waals surface area contributed by atoms with Crippen LogP contribution in [0.2, 0.25) is 10.0 Å². The largest absolute Gasteiger partial charge is 0.480 e. The maximum absolute atomic E-state index is 13.0.